The minimum atomic E-state index is -1.57. The molecule has 0 amide bonds. The number of phenolic OH excluding ortho intramolecular Hbond substituents is 1. The standard InChI is InChI=1S/C23H28O10/c1-29-14-8-12-10(6-13(14)25)4-5-11-7-15(21(30-2)22(31-3)17(11)12)32-23-20(28)19(27)18(26)16(9-24)33-23/h6-8,16,18-20,23-28H,4-5,9H2,1-3H3. The second-order valence-corrected chi connectivity index (χ2v) is 7.97. The van der Waals surface area contributed by atoms with Gasteiger partial charge >= 0.3 is 0 Å². The van der Waals surface area contributed by atoms with Gasteiger partial charge in [0.15, 0.2) is 23.0 Å². The third-order valence-corrected chi connectivity index (χ3v) is 6.12. The second-order valence-electron chi connectivity index (χ2n) is 7.97. The number of aliphatic hydroxyl groups excluding tert-OH is 4. The van der Waals surface area contributed by atoms with Crippen LogP contribution >= 0.6 is 0 Å². The van der Waals surface area contributed by atoms with Crippen LogP contribution in [0.15, 0.2) is 18.2 Å². The Bertz CT molecular complexity index is 1020. The molecule has 1 saturated heterocycles. The highest BCUT2D eigenvalue weighted by atomic mass is 16.7. The van der Waals surface area contributed by atoms with E-state index in [-0.39, 0.29) is 17.2 Å². The first kappa shape index (κ1) is 23.4. The normalized spacial score (nSPS) is 26.2. The fraction of sp³-hybridized carbons (Fsp3) is 0.478. The maximum Gasteiger partial charge on any atom is 0.229 e. The molecule has 0 spiro atoms. The van der Waals surface area contributed by atoms with Crippen molar-refractivity contribution in [1.29, 1.82) is 0 Å². The van der Waals surface area contributed by atoms with Crippen LogP contribution in [0.2, 0.25) is 0 Å². The Kier molecular flexibility index (Phi) is 6.55. The Labute approximate surface area is 190 Å². The molecule has 4 rings (SSSR count). The zero-order chi connectivity index (χ0) is 23.9. The summed E-state index contributed by atoms with van der Waals surface area (Å²) in [7, 11) is 4.40. The third-order valence-electron chi connectivity index (χ3n) is 6.12. The third kappa shape index (κ3) is 3.94. The van der Waals surface area contributed by atoms with E-state index in [2.05, 4.69) is 0 Å². The number of phenols is 1. The molecule has 33 heavy (non-hydrogen) atoms. The van der Waals surface area contributed by atoms with Gasteiger partial charge in [-0.25, -0.2) is 0 Å². The Morgan fingerprint density at radius 1 is 0.848 bits per heavy atom. The molecule has 0 saturated carbocycles. The predicted octanol–water partition coefficient (Wildman–Crippen LogP) is 0.362. The number of hydrogen-bond acceptors (Lipinski definition) is 10. The number of hydrogen-bond donors (Lipinski definition) is 5. The summed E-state index contributed by atoms with van der Waals surface area (Å²) in [5.74, 6) is 1.18. The van der Waals surface area contributed by atoms with Gasteiger partial charge in [0.2, 0.25) is 12.0 Å². The minimum absolute atomic E-state index is 0.0493. The number of fused-ring (bicyclic) bond motifs is 3. The van der Waals surface area contributed by atoms with Crippen molar-refractivity contribution < 1.29 is 49.2 Å². The average molecular weight is 464 g/mol. The first-order valence-electron chi connectivity index (χ1n) is 10.5. The fourth-order valence-corrected chi connectivity index (χ4v) is 4.41. The Hall–Kier alpha value is -2.76. The molecule has 0 aromatic heterocycles. The van der Waals surface area contributed by atoms with E-state index in [0.29, 0.717) is 24.3 Å². The molecule has 0 bridgehead atoms. The molecule has 1 aliphatic carbocycles. The zero-order valence-electron chi connectivity index (χ0n) is 18.5. The average Bonchev–Trinajstić information content (AvgIpc) is 2.82. The van der Waals surface area contributed by atoms with Crippen LogP contribution in [-0.2, 0) is 17.6 Å². The van der Waals surface area contributed by atoms with Gasteiger partial charge in [-0.1, -0.05) is 0 Å². The molecule has 1 aliphatic heterocycles. The van der Waals surface area contributed by atoms with Gasteiger partial charge in [0, 0.05) is 5.56 Å². The van der Waals surface area contributed by atoms with E-state index in [1.54, 1.807) is 18.2 Å². The summed E-state index contributed by atoms with van der Waals surface area (Å²) < 4.78 is 27.9. The van der Waals surface area contributed by atoms with Crippen LogP contribution in [-0.4, -0.2) is 84.2 Å². The van der Waals surface area contributed by atoms with Crippen LogP contribution < -0.4 is 18.9 Å². The lowest BCUT2D eigenvalue weighted by atomic mass is 9.84. The SMILES string of the molecule is COc1cc2c(cc1O)CCc1cc(OC3OC(CO)C(O)C(O)C3O)c(OC)c(OC)c1-2. The molecule has 0 radical (unpaired) electrons. The Morgan fingerprint density at radius 3 is 2.18 bits per heavy atom. The molecular formula is C23H28O10. The highest BCUT2D eigenvalue weighted by Gasteiger charge is 2.45. The first-order valence-corrected chi connectivity index (χ1v) is 10.5. The van der Waals surface area contributed by atoms with Crippen LogP contribution in [0.4, 0.5) is 0 Å². The number of ether oxygens (including phenoxy) is 5. The van der Waals surface area contributed by atoms with E-state index >= 15 is 0 Å². The molecule has 5 N–H and O–H groups in total. The first-order chi connectivity index (χ1) is 15.8. The lowest BCUT2D eigenvalue weighted by Crippen LogP contribution is -2.60. The second kappa shape index (κ2) is 9.24. The summed E-state index contributed by atoms with van der Waals surface area (Å²) in [6, 6.07) is 5.14. The molecule has 180 valence electrons. The topological polar surface area (TPSA) is 147 Å². The van der Waals surface area contributed by atoms with Gasteiger partial charge in [-0.3, -0.25) is 0 Å². The molecule has 10 nitrogen and oxygen atoms in total. The number of aliphatic hydroxyl groups is 4. The Morgan fingerprint density at radius 2 is 1.55 bits per heavy atom. The quantitative estimate of drug-likeness (QED) is 0.406. The van der Waals surface area contributed by atoms with Gasteiger partial charge < -0.3 is 49.2 Å². The van der Waals surface area contributed by atoms with Gasteiger partial charge in [-0.05, 0) is 47.7 Å². The van der Waals surface area contributed by atoms with Gasteiger partial charge in [0.25, 0.3) is 0 Å². The Balaban J connectivity index is 1.79. The number of methoxy groups -OCH3 is 3. The summed E-state index contributed by atoms with van der Waals surface area (Å²) in [6.07, 6.45) is -5.85. The summed E-state index contributed by atoms with van der Waals surface area (Å²) in [6.45, 7) is -0.569. The van der Waals surface area contributed by atoms with E-state index in [0.717, 1.165) is 22.3 Å². The van der Waals surface area contributed by atoms with Crippen LogP contribution in [0.25, 0.3) is 11.1 Å². The number of aromatic hydroxyl groups is 1. The van der Waals surface area contributed by atoms with Gasteiger partial charge in [-0.15, -0.1) is 0 Å². The molecule has 2 aromatic carbocycles. The molecule has 1 heterocycles. The van der Waals surface area contributed by atoms with Crippen molar-refractivity contribution in [3.05, 3.63) is 29.3 Å². The van der Waals surface area contributed by atoms with Crippen molar-refractivity contribution in [3.63, 3.8) is 0 Å². The molecule has 2 aliphatic rings. The van der Waals surface area contributed by atoms with E-state index in [9.17, 15) is 25.5 Å². The summed E-state index contributed by atoms with van der Waals surface area (Å²) in [5.41, 5.74) is 3.37. The molecule has 1 fully saturated rings. The summed E-state index contributed by atoms with van der Waals surface area (Å²) >= 11 is 0. The van der Waals surface area contributed by atoms with Crippen molar-refractivity contribution in [1.82, 2.24) is 0 Å². The molecular weight excluding hydrogens is 436 g/mol. The van der Waals surface area contributed by atoms with Gasteiger partial charge in [0.1, 0.15) is 24.4 Å². The highest BCUT2D eigenvalue weighted by molar-refractivity contribution is 5.84. The number of aryl methyl sites for hydroxylation is 2. The van der Waals surface area contributed by atoms with Crippen molar-refractivity contribution in [2.75, 3.05) is 27.9 Å². The molecule has 5 atom stereocenters. The van der Waals surface area contributed by atoms with Crippen molar-refractivity contribution in [2.45, 2.75) is 43.5 Å². The maximum absolute atomic E-state index is 10.4. The monoisotopic (exact) mass is 464 g/mol. The molecule has 5 unspecified atom stereocenters. The zero-order valence-corrected chi connectivity index (χ0v) is 18.5. The van der Waals surface area contributed by atoms with Crippen LogP contribution in [0, 0.1) is 0 Å². The summed E-state index contributed by atoms with van der Waals surface area (Å²) in [5, 5.41) is 50.1. The lowest BCUT2D eigenvalue weighted by molar-refractivity contribution is -0.277. The van der Waals surface area contributed by atoms with Gasteiger partial charge in [-0.2, -0.15) is 0 Å². The minimum Gasteiger partial charge on any atom is -0.504 e. The molecule has 2 aromatic rings. The van der Waals surface area contributed by atoms with E-state index in [4.69, 9.17) is 23.7 Å². The maximum atomic E-state index is 10.4. The van der Waals surface area contributed by atoms with Crippen LogP contribution in [0.3, 0.4) is 0 Å². The van der Waals surface area contributed by atoms with Gasteiger partial charge in [0.05, 0.1) is 27.9 Å². The number of benzene rings is 2. The fourth-order valence-electron chi connectivity index (χ4n) is 4.41. The largest absolute Gasteiger partial charge is 0.504 e. The van der Waals surface area contributed by atoms with E-state index < -0.39 is 37.3 Å². The predicted molar refractivity (Wildman–Crippen MR) is 115 cm³/mol. The molecule has 10 heteroatoms. The summed E-state index contributed by atoms with van der Waals surface area (Å²) in [4.78, 5) is 0. The van der Waals surface area contributed by atoms with E-state index in [1.807, 2.05) is 0 Å². The van der Waals surface area contributed by atoms with Crippen molar-refractivity contribution in [3.8, 4) is 39.9 Å². The lowest BCUT2D eigenvalue weighted by Gasteiger charge is -2.39. The van der Waals surface area contributed by atoms with Crippen molar-refractivity contribution >= 4 is 0 Å². The van der Waals surface area contributed by atoms with Crippen LogP contribution in [0.5, 0.6) is 28.7 Å². The van der Waals surface area contributed by atoms with Crippen molar-refractivity contribution in [2.24, 2.45) is 0 Å². The highest BCUT2D eigenvalue weighted by Crippen LogP contribution is 2.51. The van der Waals surface area contributed by atoms with Crippen LogP contribution in [0.1, 0.15) is 11.1 Å². The number of rotatable bonds is 6. The van der Waals surface area contributed by atoms with E-state index in [1.165, 1.54) is 21.3 Å². The smallest absolute Gasteiger partial charge is 0.229 e.